The molecule has 1 aromatic rings. The first-order valence-corrected chi connectivity index (χ1v) is 7.58. The number of ether oxygens (including phenoxy) is 1. The van der Waals surface area contributed by atoms with Crippen molar-refractivity contribution in [3.05, 3.63) is 18.0 Å². The number of nitrogens with zero attached hydrogens (tertiary/aromatic N) is 3. The molecule has 21 heavy (non-hydrogen) atoms. The molecule has 1 saturated carbocycles. The molecule has 0 aromatic carbocycles. The lowest BCUT2D eigenvalue weighted by Crippen LogP contribution is -2.35. The van der Waals surface area contributed by atoms with Crippen molar-refractivity contribution in [2.24, 2.45) is 5.73 Å². The number of amides is 1. The Bertz CT molecular complexity index is 542. The topological polar surface area (TPSA) is 73.4 Å². The van der Waals surface area contributed by atoms with Gasteiger partial charge in [-0.25, -0.2) is 4.79 Å². The minimum atomic E-state index is -0.452. The number of rotatable bonds is 2. The zero-order chi connectivity index (χ0) is 15.3. The predicted molar refractivity (Wildman–Crippen MR) is 78.8 cm³/mol. The van der Waals surface area contributed by atoms with E-state index in [1.54, 1.807) is 4.90 Å². The van der Waals surface area contributed by atoms with Gasteiger partial charge in [0.1, 0.15) is 5.60 Å². The lowest BCUT2D eigenvalue weighted by Gasteiger charge is -2.24. The molecule has 1 saturated heterocycles. The van der Waals surface area contributed by atoms with Gasteiger partial charge in [-0.1, -0.05) is 0 Å². The molecule has 6 heteroatoms. The lowest BCUT2D eigenvalue weighted by molar-refractivity contribution is 0.0288. The molecule has 1 aromatic heterocycles. The van der Waals surface area contributed by atoms with Crippen LogP contribution < -0.4 is 5.73 Å². The van der Waals surface area contributed by atoms with E-state index in [9.17, 15) is 4.79 Å². The number of carbonyl (C=O) groups excluding carboxylic acids is 1. The highest BCUT2D eigenvalue weighted by Crippen LogP contribution is 2.42. The zero-order valence-electron chi connectivity index (χ0n) is 13.0. The molecule has 2 fully saturated rings. The molecule has 1 unspecified atom stereocenters. The van der Waals surface area contributed by atoms with Crippen molar-refractivity contribution in [3.63, 3.8) is 0 Å². The Morgan fingerprint density at radius 1 is 1.48 bits per heavy atom. The quantitative estimate of drug-likeness (QED) is 0.905. The minimum absolute atomic E-state index is 0.151. The van der Waals surface area contributed by atoms with Crippen molar-refractivity contribution in [2.75, 3.05) is 13.1 Å². The first kappa shape index (κ1) is 14.4. The molecule has 1 atom stereocenters. The molecular weight excluding hydrogens is 268 g/mol. The van der Waals surface area contributed by atoms with Gasteiger partial charge in [0.2, 0.25) is 0 Å². The van der Waals surface area contributed by atoms with E-state index in [2.05, 4.69) is 5.10 Å². The van der Waals surface area contributed by atoms with Gasteiger partial charge in [-0.2, -0.15) is 5.10 Å². The fourth-order valence-corrected chi connectivity index (χ4v) is 2.67. The summed E-state index contributed by atoms with van der Waals surface area (Å²) in [6.45, 7) is 7.01. The Labute approximate surface area is 125 Å². The maximum Gasteiger partial charge on any atom is 0.410 e. The molecule has 0 radical (unpaired) electrons. The summed E-state index contributed by atoms with van der Waals surface area (Å²) in [5, 5.41) is 4.43. The molecule has 2 aliphatic rings. The smallest absolute Gasteiger partial charge is 0.410 e. The highest BCUT2D eigenvalue weighted by Gasteiger charge is 2.41. The standard InChI is InChI=1S/C15H24N4O2/c1-14(2,3)21-13(20)18-7-4-12(10-18)19-9-11(8-17-19)15(16)5-6-15/h8-9,12H,4-7,10,16H2,1-3H3. The Kier molecular flexibility index (Phi) is 3.24. The van der Waals surface area contributed by atoms with Crippen molar-refractivity contribution in [1.29, 1.82) is 0 Å². The van der Waals surface area contributed by atoms with Gasteiger partial charge in [-0.15, -0.1) is 0 Å². The molecule has 1 aliphatic carbocycles. The predicted octanol–water partition coefficient (Wildman–Crippen LogP) is 2.01. The molecule has 116 valence electrons. The van der Waals surface area contributed by atoms with Crippen LogP contribution in [0.15, 0.2) is 12.4 Å². The van der Waals surface area contributed by atoms with Gasteiger partial charge in [0.15, 0.2) is 0 Å². The van der Waals surface area contributed by atoms with Crippen LogP contribution in [0, 0.1) is 0 Å². The highest BCUT2D eigenvalue weighted by molar-refractivity contribution is 5.68. The molecule has 6 nitrogen and oxygen atoms in total. The van der Waals surface area contributed by atoms with Gasteiger partial charge in [0.25, 0.3) is 0 Å². The summed E-state index contributed by atoms with van der Waals surface area (Å²) in [4.78, 5) is 13.8. The second-order valence-electron chi connectivity index (χ2n) is 7.23. The largest absolute Gasteiger partial charge is 0.444 e. The van der Waals surface area contributed by atoms with Crippen molar-refractivity contribution < 1.29 is 9.53 Å². The third-order valence-corrected chi connectivity index (χ3v) is 4.15. The number of hydrogen-bond donors (Lipinski definition) is 1. The molecule has 3 rings (SSSR count). The number of aromatic nitrogens is 2. The van der Waals surface area contributed by atoms with E-state index in [0.717, 1.165) is 24.8 Å². The lowest BCUT2D eigenvalue weighted by atomic mass is 10.1. The van der Waals surface area contributed by atoms with Gasteiger partial charge < -0.3 is 15.4 Å². The van der Waals surface area contributed by atoms with E-state index in [4.69, 9.17) is 10.5 Å². The fourth-order valence-electron chi connectivity index (χ4n) is 2.67. The van der Waals surface area contributed by atoms with Crippen LogP contribution in [0.25, 0.3) is 0 Å². The number of hydrogen-bond acceptors (Lipinski definition) is 4. The molecule has 1 amide bonds. The molecular formula is C15H24N4O2. The van der Waals surface area contributed by atoms with Crippen molar-refractivity contribution >= 4 is 6.09 Å². The average Bonchev–Trinajstić information content (AvgIpc) is 2.88. The zero-order valence-corrected chi connectivity index (χ0v) is 13.0. The maximum atomic E-state index is 12.1. The average molecular weight is 292 g/mol. The third-order valence-electron chi connectivity index (χ3n) is 4.15. The summed E-state index contributed by atoms with van der Waals surface area (Å²) in [5.74, 6) is 0. The van der Waals surface area contributed by atoms with Crippen LogP contribution in [0.2, 0.25) is 0 Å². The van der Waals surface area contributed by atoms with Crippen LogP contribution >= 0.6 is 0 Å². The summed E-state index contributed by atoms with van der Waals surface area (Å²) in [6.07, 6.45) is 6.63. The number of nitrogens with two attached hydrogens (primary N) is 1. The van der Waals surface area contributed by atoms with Gasteiger partial charge in [0.05, 0.1) is 12.2 Å². The monoisotopic (exact) mass is 292 g/mol. The van der Waals surface area contributed by atoms with Crippen LogP contribution in [0.3, 0.4) is 0 Å². The van der Waals surface area contributed by atoms with Gasteiger partial charge in [-0.05, 0) is 40.0 Å². The normalized spacial score (nSPS) is 24.2. The summed E-state index contributed by atoms with van der Waals surface area (Å²) >= 11 is 0. The molecule has 1 aliphatic heterocycles. The van der Waals surface area contributed by atoms with E-state index in [-0.39, 0.29) is 17.7 Å². The van der Waals surface area contributed by atoms with Gasteiger partial charge in [0, 0.05) is 30.4 Å². The maximum absolute atomic E-state index is 12.1. The number of likely N-dealkylation sites (tertiary alicyclic amines) is 1. The van der Waals surface area contributed by atoms with E-state index in [1.807, 2.05) is 37.8 Å². The van der Waals surface area contributed by atoms with Crippen LogP contribution in [0.4, 0.5) is 4.79 Å². The summed E-state index contributed by atoms with van der Waals surface area (Å²) in [6, 6.07) is 0.216. The second kappa shape index (κ2) is 4.73. The summed E-state index contributed by atoms with van der Waals surface area (Å²) in [5.41, 5.74) is 6.69. The van der Waals surface area contributed by atoms with Gasteiger partial charge >= 0.3 is 6.09 Å². The number of carbonyl (C=O) groups is 1. The SMILES string of the molecule is CC(C)(C)OC(=O)N1CCC(n2cc(C3(N)CC3)cn2)C1. The Balaban J connectivity index is 1.62. The fraction of sp³-hybridized carbons (Fsp3) is 0.733. The first-order valence-electron chi connectivity index (χ1n) is 7.58. The van der Waals surface area contributed by atoms with Crippen LogP contribution in [0.1, 0.15) is 51.6 Å². The summed E-state index contributed by atoms with van der Waals surface area (Å²) in [7, 11) is 0. The van der Waals surface area contributed by atoms with E-state index in [1.165, 1.54) is 0 Å². The van der Waals surface area contributed by atoms with Gasteiger partial charge in [-0.3, -0.25) is 4.68 Å². The van der Waals surface area contributed by atoms with E-state index >= 15 is 0 Å². The van der Waals surface area contributed by atoms with Crippen LogP contribution in [-0.2, 0) is 10.3 Å². The second-order valence-corrected chi connectivity index (χ2v) is 7.23. The third kappa shape index (κ3) is 3.05. The van der Waals surface area contributed by atoms with E-state index in [0.29, 0.717) is 13.1 Å². The molecule has 2 heterocycles. The van der Waals surface area contributed by atoms with E-state index < -0.39 is 5.60 Å². The Morgan fingerprint density at radius 3 is 2.81 bits per heavy atom. The molecule has 0 bridgehead atoms. The van der Waals surface area contributed by atoms with Crippen molar-refractivity contribution in [2.45, 2.75) is 57.2 Å². The van der Waals surface area contributed by atoms with Crippen LogP contribution in [0.5, 0.6) is 0 Å². The van der Waals surface area contributed by atoms with Crippen LogP contribution in [-0.4, -0.2) is 39.5 Å². The molecule has 2 N–H and O–H groups in total. The Morgan fingerprint density at radius 2 is 2.19 bits per heavy atom. The minimum Gasteiger partial charge on any atom is -0.444 e. The molecule has 0 spiro atoms. The Hall–Kier alpha value is -1.56. The first-order chi connectivity index (χ1) is 9.77. The highest BCUT2D eigenvalue weighted by atomic mass is 16.6. The van der Waals surface area contributed by atoms with Crippen molar-refractivity contribution in [1.82, 2.24) is 14.7 Å². The van der Waals surface area contributed by atoms with Crippen molar-refractivity contribution in [3.8, 4) is 0 Å². The summed E-state index contributed by atoms with van der Waals surface area (Å²) < 4.78 is 7.36.